The summed E-state index contributed by atoms with van der Waals surface area (Å²) in [5, 5.41) is 3.47. The lowest BCUT2D eigenvalue weighted by Gasteiger charge is -2.16. The van der Waals surface area contributed by atoms with Gasteiger partial charge in [-0.3, -0.25) is 0 Å². The molecule has 1 aromatic carbocycles. The van der Waals surface area contributed by atoms with Gasteiger partial charge < -0.3 is 9.73 Å². The zero-order valence-corrected chi connectivity index (χ0v) is 20.0. The second-order valence-electron chi connectivity index (χ2n) is 10.2. The van der Waals surface area contributed by atoms with E-state index in [0.717, 1.165) is 55.3 Å². The number of rotatable bonds is 5. The van der Waals surface area contributed by atoms with Gasteiger partial charge >= 0.3 is 0 Å². The van der Waals surface area contributed by atoms with E-state index in [9.17, 15) is 0 Å². The van der Waals surface area contributed by atoms with Crippen molar-refractivity contribution in [3.05, 3.63) is 71.1 Å². The van der Waals surface area contributed by atoms with Crippen molar-refractivity contribution in [2.24, 2.45) is 5.92 Å². The summed E-state index contributed by atoms with van der Waals surface area (Å²) in [6.07, 6.45) is 8.45. The molecule has 1 N–H and O–H groups in total. The molecule has 1 saturated carbocycles. The van der Waals surface area contributed by atoms with Crippen LogP contribution in [0.15, 0.2) is 52.8 Å². The van der Waals surface area contributed by atoms with E-state index in [1.807, 2.05) is 10.2 Å². The van der Waals surface area contributed by atoms with Crippen molar-refractivity contribution in [3.63, 3.8) is 0 Å². The summed E-state index contributed by atoms with van der Waals surface area (Å²) in [4.78, 5) is 4.79. The van der Waals surface area contributed by atoms with Crippen molar-refractivity contribution in [3.8, 4) is 0 Å². The van der Waals surface area contributed by atoms with Crippen molar-refractivity contribution in [1.29, 1.82) is 0 Å². The standard InChI is InChI=1S/C26H34N3OS/c1-17(20-6-7-21(13-20)25-28-24(16-30-25)26(3,4)5)12-18(2)27-23-9-8-19-10-11-29(31)15-22(19)14-23/h8-9,12,14,16,20-21,27H,2,6-7,10-11,13,15H2,1,3-5H3/q+1/b17-12+. The van der Waals surface area contributed by atoms with Crippen molar-refractivity contribution < 1.29 is 8.36 Å². The van der Waals surface area contributed by atoms with E-state index in [2.05, 4.69) is 63.9 Å². The number of benzene rings is 1. The second kappa shape index (κ2) is 8.70. The normalized spacial score (nSPS) is 21.8. The number of nitrogens with one attached hydrogen (secondary N) is 1. The van der Waals surface area contributed by atoms with Gasteiger partial charge in [-0.1, -0.05) is 39.0 Å². The maximum atomic E-state index is 5.84. The maximum Gasteiger partial charge on any atom is 0.263 e. The molecule has 5 heteroatoms. The van der Waals surface area contributed by atoms with Crippen LogP contribution in [0.1, 0.15) is 75.6 Å². The summed E-state index contributed by atoms with van der Waals surface area (Å²) in [7, 11) is 0. The minimum atomic E-state index is 0.0271. The highest BCUT2D eigenvalue weighted by Gasteiger charge is 2.31. The molecule has 1 aromatic heterocycles. The predicted octanol–water partition coefficient (Wildman–Crippen LogP) is 6.23. The van der Waals surface area contributed by atoms with E-state index in [1.165, 1.54) is 23.1 Å². The minimum absolute atomic E-state index is 0.0271. The lowest BCUT2D eigenvalue weighted by atomic mass is 9.93. The lowest BCUT2D eigenvalue weighted by molar-refractivity contribution is -0.518. The summed E-state index contributed by atoms with van der Waals surface area (Å²) < 4.78 is 7.80. The molecule has 4 nitrogen and oxygen atoms in total. The van der Waals surface area contributed by atoms with Crippen LogP contribution in [-0.2, 0) is 30.8 Å². The highest BCUT2D eigenvalue weighted by Crippen LogP contribution is 2.42. The topological polar surface area (TPSA) is 41.1 Å². The van der Waals surface area contributed by atoms with Crippen molar-refractivity contribution in [1.82, 2.24) is 4.98 Å². The fraction of sp³-hybridized carbons (Fsp3) is 0.500. The van der Waals surface area contributed by atoms with Gasteiger partial charge in [0.1, 0.15) is 6.26 Å². The van der Waals surface area contributed by atoms with E-state index in [0.29, 0.717) is 11.8 Å². The Bertz CT molecular complexity index is 1030. The molecule has 0 bridgehead atoms. The molecule has 4 rings (SSSR count). The van der Waals surface area contributed by atoms with E-state index in [1.54, 1.807) is 0 Å². The average molecular weight is 437 g/mol. The molecule has 2 aliphatic rings. The molecule has 0 radical (unpaired) electrons. The van der Waals surface area contributed by atoms with E-state index in [4.69, 9.17) is 21.8 Å². The van der Waals surface area contributed by atoms with Gasteiger partial charge in [0.2, 0.25) is 0 Å². The molecule has 2 aromatic rings. The van der Waals surface area contributed by atoms with Crippen LogP contribution in [0.5, 0.6) is 0 Å². The third kappa shape index (κ3) is 5.15. The first kappa shape index (κ1) is 21.9. The third-order valence-corrected chi connectivity index (χ3v) is 6.92. The Kier molecular flexibility index (Phi) is 6.16. The quantitative estimate of drug-likeness (QED) is 0.446. The fourth-order valence-corrected chi connectivity index (χ4v) is 4.89. The Morgan fingerprint density at radius 3 is 2.84 bits per heavy atom. The molecule has 0 spiro atoms. The smallest absolute Gasteiger partial charge is 0.263 e. The number of anilines is 1. The van der Waals surface area contributed by atoms with Gasteiger partial charge in [0.05, 0.1) is 5.69 Å². The highest BCUT2D eigenvalue weighted by atomic mass is 32.1. The molecular weight excluding hydrogens is 402 g/mol. The zero-order valence-electron chi connectivity index (χ0n) is 19.2. The molecule has 164 valence electrons. The van der Waals surface area contributed by atoms with Crippen LogP contribution in [0.3, 0.4) is 0 Å². The van der Waals surface area contributed by atoms with Crippen LogP contribution in [0.2, 0.25) is 0 Å². The molecule has 0 saturated heterocycles. The molecule has 31 heavy (non-hydrogen) atoms. The van der Waals surface area contributed by atoms with Crippen LogP contribution >= 0.6 is 0 Å². The number of oxazole rings is 1. The van der Waals surface area contributed by atoms with Crippen molar-refractivity contribution in [2.75, 3.05) is 11.9 Å². The minimum Gasteiger partial charge on any atom is -0.448 e. The number of hydrogen-bond donors (Lipinski definition) is 1. The Hall–Kier alpha value is -2.27. The monoisotopic (exact) mass is 436 g/mol. The number of allylic oxidation sites excluding steroid dienone is 2. The predicted molar refractivity (Wildman–Crippen MR) is 128 cm³/mol. The van der Waals surface area contributed by atoms with Crippen LogP contribution in [0.25, 0.3) is 0 Å². The van der Waals surface area contributed by atoms with Crippen molar-refractivity contribution >= 4 is 18.1 Å². The largest absolute Gasteiger partial charge is 0.448 e. The second-order valence-corrected chi connectivity index (χ2v) is 10.7. The molecule has 2 atom stereocenters. The van der Waals surface area contributed by atoms with E-state index >= 15 is 0 Å². The number of aromatic nitrogens is 1. The average Bonchev–Trinajstić information content (AvgIpc) is 3.37. The van der Waals surface area contributed by atoms with Gasteiger partial charge in [-0.2, -0.15) is 3.95 Å². The van der Waals surface area contributed by atoms with Gasteiger partial charge in [0.15, 0.2) is 19.0 Å². The summed E-state index contributed by atoms with van der Waals surface area (Å²) in [6, 6.07) is 6.57. The van der Waals surface area contributed by atoms with Gasteiger partial charge in [0, 0.05) is 34.7 Å². The molecular formula is C26H34N3OS+. The summed E-state index contributed by atoms with van der Waals surface area (Å²) in [6.45, 7) is 14.8. The third-order valence-electron chi connectivity index (χ3n) is 6.61. The summed E-state index contributed by atoms with van der Waals surface area (Å²) in [5.74, 6) is 1.86. The first-order valence-electron chi connectivity index (χ1n) is 11.3. The lowest BCUT2D eigenvalue weighted by Crippen LogP contribution is -2.19. The van der Waals surface area contributed by atoms with Crippen LogP contribution in [0, 0.1) is 5.92 Å². The Morgan fingerprint density at radius 2 is 2.10 bits per heavy atom. The Labute approximate surface area is 191 Å². The van der Waals surface area contributed by atoms with Gasteiger partial charge in [-0.25, -0.2) is 4.98 Å². The Balaban J connectivity index is 1.37. The fourth-order valence-electron chi connectivity index (χ4n) is 4.66. The molecule has 2 unspecified atom stereocenters. The maximum absolute atomic E-state index is 5.84. The summed E-state index contributed by atoms with van der Waals surface area (Å²) >= 11 is 5.35. The van der Waals surface area contributed by atoms with Crippen LogP contribution < -0.4 is 5.32 Å². The SMILES string of the molecule is C=C(/C=C(\C)C1CCC(c2nc(C(C)(C)C)co2)C1)Nc1ccc2c(c1)C[N+](=S)CC2. The number of fused-ring (bicyclic) bond motifs is 1. The van der Waals surface area contributed by atoms with Crippen LogP contribution in [-0.4, -0.2) is 15.5 Å². The van der Waals surface area contributed by atoms with E-state index < -0.39 is 0 Å². The molecule has 0 amide bonds. The van der Waals surface area contributed by atoms with Crippen LogP contribution in [0.4, 0.5) is 5.69 Å². The number of nitrogens with zero attached hydrogens (tertiary/aromatic N) is 2. The van der Waals surface area contributed by atoms with Crippen molar-refractivity contribution in [2.45, 2.75) is 71.3 Å². The zero-order chi connectivity index (χ0) is 22.2. The number of hydrogen-bond acceptors (Lipinski definition) is 4. The first-order chi connectivity index (χ1) is 14.7. The van der Waals surface area contributed by atoms with Gasteiger partial charge in [-0.15, -0.1) is 0 Å². The molecule has 1 aliphatic carbocycles. The molecule has 1 aliphatic heterocycles. The van der Waals surface area contributed by atoms with E-state index in [-0.39, 0.29) is 5.41 Å². The Morgan fingerprint density at radius 1 is 1.29 bits per heavy atom. The molecule has 2 heterocycles. The van der Waals surface area contributed by atoms with Gasteiger partial charge in [0.25, 0.3) is 12.4 Å². The van der Waals surface area contributed by atoms with Gasteiger partial charge in [-0.05, 0) is 55.9 Å². The molecule has 1 fully saturated rings. The summed E-state index contributed by atoms with van der Waals surface area (Å²) in [5.41, 5.74) is 7.17. The first-order valence-corrected chi connectivity index (χ1v) is 11.7. The highest BCUT2D eigenvalue weighted by molar-refractivity contribution is 7.44.